The van der Waals surface area contributed by atoms with E-state index in [0.717, 1.165) is 0 Å². The topological polar surface area (TPSA) is 54.4 Å². The Morgan fingerprint density at radius 2 is 2.18 bits per heavy atom. The van der Waals surface area contributed by atoms with Crippen LogP contribution in [0.4, 0.5) is 0 Å². The van der Waals surface area contributed by atoms with Crippen LogP contribution >= 0.6 is 11.6 Å². The average molecular weight is 199 g/mol. The van der Waals surface area contributed by atoms with Crippen molar-refractivity contribution in [2.45, 2.75) is 25.0 Å². The molecule has 0 aromatic carbocycles. The van der Waals surface area contributed by atoms with Gasteiger partial charge in [-0.15, -0.1) is 0 Å². The van der Waals surface area contributed by atoms with Crippen molar-refractivity contribution in [2.24, 2.45) is 0 Å². The minimum absolute atomic E-state index is 0.0330. The van der Waals surface area contributed by atoms with Crippen molar-refractivity contribution >= 4 is 21.7 Å². The number of rotatable bonds is 4. The van der Waals surface area contributed by atoms with Crippen molar-refractivity contribution in [1.29, 1.82) is 0 Å². The van der Waals surface area contributed by atoms with E-state index >= 15 is 0 Å². The van der Waals surface area contributed by atoms with Gasteiger partial charge in [0.05, 0.1) is 0 Å². The van der Waals surface area contributed by atoms with E-state index in [1.807, 2.05) is 0 Å². The molecule has 11 heavy (non-hydrogen) atoms. The third-order valence-corrected chi connectivity index (χ3v) is 2.89. The highest BCUT2D eigenvalue weighted by Gasteiger charge is 2.23. The highest BCUT2D eigenvalue weighted by atomic mass is 35.5. The third kappa shape index (κ3) is 3.74. The molecule has 0 aliphatic heterocycles. The SMILES string of the molecule is C=C(Cl)C(CCC)S(=O)(=O)O. The van der Waals surface area contributed by atoms with Gasteiger partial charge in [0.1, 0.15) is 5.25 Å². The molecule has 0 rings (SSSR count). The van der Waals surface area contributed by atoms with Gasteiger partial charge < -0.3 is 0 Å². The van der Waals surface area contributed by atoms with E-state index in [-0.39, 0.29) is 5.03 Å². The van der Waals surface area contributed by atoms with Crippen LogP contribution in [0.15, 0.2) is 11.6 Å². The summed E-state index contributed by atoms with van der Waals surface area (Å²) < 4.78 is 29.8. The molecule has 66 valence electrons. The van der Waals surface area contributed by atoms with Crippen molar-refractivity contribution in [3.05, 3.63) is 11.6 Å². The highest BCUT2D eigenvalue weighted by molar-refractivity contribution is 7.86. The molecule has 5 heteroatoms. The maximum absolute atomic E-state index is 10.6. The Balaban J connectivity index is 4.49. The maximum Gasteiger partial charge on any atom is 0.272 e. The van der Waals surface area contributed by atoms with E-state index < -0.39 is 15.4 Å². The van der Waals surface area contributed by atoms with Gasteiger partial charge in [0, 0.05) is 5.03 Å². The zero-order chi connectivity index (χ0) is 9.07. The summed E-state index contributed by atoms with van der Waals surface area (Å²) in [5, 5.41) is -1.05. The van der Waals surface area contributed by atoms with Crippen LogP contribution in [0, 0.1) is 0 Å². The van der Waals surface area contributed by atoms with E-state index in [4.69, 9.17) is 16.2 Å². The lowest BCUT2D eigenvalue weighted by Crippen LogP contribution is -2.19. The Morgan fingerprint density at radius 1 is 1.73 bits per heavy atom. The predicted molar refractivity (Wildman–Crippen MR) is 45.2 cm³/mol. The maximum atomic E-state index is 10.6. The zero-order valence-corrected chi connectivity index (χ0v) is 7.82. The van der Waals surface area contributed by atoms with E-state index in [2.05, 4.69) is 6.58 Å². The van der Waals surface area contributed by atoms with Crippen molar-refractivity contribution in [3.8, 4) is 0 Å². The van der Waals surface area contributed by atoms with Gasteiger partial charge in [-0.1, -0.05) is 31.5 Å². The highest BCUT2D eigenvalue weighted by Crippen LogP contribution is 2.18. The fraction of sp³-hybridized carbons (Fsp3) is 0.667. The molecule has 1 N–H and O–H groups in total. The van der Waals surface area contributed by atoms with Crippen molar-refractivity contribution in [1.82, 2.24) is 0 Å². The largest absolute Gasteiger partial charge is 0.285 e. The van der Waals surface area contributed by atoms with Crippen LogP contribution in [-0.4, -0.2) is 18.2 Å². The molecule has 0 spiro atoms. The van der Waals surface area contributed by atoms with Crippen LogP contribution in [0.1, 0.15) is 19.8 Å². The molecule has 0 aromatic rings. The van der Waals surface area contributed by atoms with Gasteiger partial charge in [0.15, 0.2) is 0 Å². The Bertz CT molecular complexity index is 232. The Kier molecular flexibility index (Phi) is 4.07. The number of hydrogen-bond acceptors (Lipinski definition) is 2. The van der Waals surface area contributed by atoms with Crippen molar-refractivity contribution in [2.75, 3.05) is 0 Å². The Labute approximate surface area is 71.8 Å². The van der Waals surface area contributed by atoms with Gasteiger partial charge in [-0.3, -0.25) is 4.55 Å². The second-order valence-corrected chi connectivity index (χ2v) is 4.32. The summed E-state index contributed by atoms with van der Waals surface area (Å²) >= 11 is 5.37. The monoisotopic (exact) mass is 198 g/mol. The first-order valence-corrected chi connectivity index (χ1v) is 5.08. The normalized spacial score (nSPS) is 14.5. The van der Waals surface area contributed by atoms with E-state index in [1.165, 1.54) is 0 Å². The fourth-order valence-corrected chi connectivity index (χ4v) is 2.03. The van der Waals surface area contributed by atoms with Crippen LogP contribution in [0.25, 0.3) is 0 Å². The van der Waals surface area contributed by atoms with Crippen LogP contribution in [0.5, 0.6) is 0 Å². The van der Waals surface area contributed by atoms with Gasteiger partial charge in [0.25, 0.3) is 10.1 Å². The lowest BCUT2D eigenvalue weighted by Gasteiger charge is -2.09. The first kappa shape index (κ1) is 10.9. The summed E-state index contributed by atoms with van der Waals surface area (Å²) in [6, 6.07) is 0. The van der Waals surface area contributed by atoms with E-state index in [9.17, 15) is 8.42 Å². The van der Waals surface area contributed by atoms with Crippen LogP contribution < -0.4 is 0 Å². The van der Waals surface area contributed by atoms with E-state index in [1.54, 1.807) is 6.92 Å². The van der Waals surface area contributed by atoms with Crippen molar-refractivity contribution < 1.29 is 13.0 Å². The van der Waals surface area contributed by atoms with Crippen LogP contribution in [-0.2, 0) is 10.1 Å². The second kappa shape index (κ2) is 4.09. The summed E-state index contributed by atoms with van der Waals surface area (Å²) in [7, 11) is -4.06. The quantitative estimate of drug-likeness (QED) is 0.701. The zero-order valence-electron chi connectivity index (χ0n) is 6.25. The van der Waals surface area contributed by atoms with Gasteiger partial charge >= 0.3 is 0 Å². The summed E-state index contributed by atoms with van der Waals surface area (Å²) in [6.07, 6.45) is 0.942. The van der Waals surface area contributed by atoms with Crippen LogP contribution in [0.2, 0.25) is 0 Å². The molecule has 0 amide bonds. The molecule has 0 aliphatic rings. The Hall–Kier alpha value is -0.0600. The minimum Gasteiger partial charge on any atom is -0.285 e. The Morgan fingerprint density at radius 3 is 2.27 bits per heavy atom. The summed E-state index contributed by atoms with van der Waals surface area (Å²) in [4.78, 5) is 0. The van der Waals surface area contributed by atoms with Crippen LogP contribution in [0.3, 0.4) is 0 Å². The average Bonchev–Trinajstić information content (AvgIpc) is 1.79. The smallest absolute Gasteiger partial charge is 0.272 e. The van der Waals surface area contributed by atoms with Gasteiger partial charge in [0.2, 0.25) is 0 Å². The summed E-state index contributed by atoms with van der Waals surface area (Å²) in [6.45, 7) is 5.07. The molecule has 0 saturated heterocycles. The predicted octanol–water partition coefficient (Wildman–Crippen LogP) is 1.80. The molecule has 3 nitrogen and oxygen atoms in total. The molecule has 0 saturated carbocycles. The summed E-state index contributed by atoms with van der Waals surface area (Å²) in [5.41, 5.74) is 0. The van der Waals surface area contributed by atoms with Gasteiger partial charge in [-0.05, 0) is 6.42 Å². The summed E-state index contributed by atoms with van der Waals surface area (Å²) in [5.74, 6) is 0. The molecule has 0 bridgehead atoms. The first-order chi connectivity index (χ1) is 4.89. The molecule has 0 radical (unpaired) electrons. The van der Waals surface area contributed by atoms with Gasteiger partial charge in [-0.2, -0.15) is 8.42 Å². The second-order valence-electron chi connectivity index (χ2n) is 2.24. The molecule has 0 aromatic heterocycles. The third-order valence-electron chi connectivity index (χ3n) is 1.26. The van der Waals surface area contributed by atoms with E-state index in [0.29, 0.717) is 12.8 Å². The molecule has 0 heterocycles. The molecule has 0 fully saturated rings. The molecule has 1 unspecified atom stereocenters. The van der Waals surface area contributed by atoms with Gasteiger partial charge in [-0.25, -0.2) is 0 Å². The minimum atomic E-state index is -4.06. The lowest BCUT2D eigenvalue weighted by atomic mass is 10.2. The molecule has 0 aliphatic carbocycles. The molecule has 1 atom stereocenters. The molecular formula is C6H11ClO3S. The number of hydrogen-bond donors (Lipinski definition) is 1. The van der Waals surface area contributed by atoms with Crippen molar-refractivity contribution in [3.63, 3.8) is 0 Å². The lowest BCUT2D eigenvalue weighted by molar-refractivity contribution is 0.470. The first-order valence-electron chi connectivity index (χ1n) is 3.20. The fourth-order valence-electron chi connectivity index (χ4n) is 0.729. The number of halogens is 1. The molecular weight excluding hydrogens is 188 g/mol. The standard InChI is InChI=1S/C6H11ClO3S/c1-3-4-6(5(2)7)11(8,9)10/h6H,2-4H2,1H3,(H,8,9,10).